The maximum absolute atomic E-state index is 12.4. The Morgan fingerprint density at radius 2 is 2.05 bits per heavy atom. The monoisotopic (exact) mass is 299 g/mol. The molecule has 2 aromatic rings. The predicted molar refractivity (Wildman–Crippen MR) is 75.1 cm³/mol. The number of thiazole rings is 1. The van der Waals surface area contributed by atoms with E-state index in [1.54, 1.807) is 10.8 Å². The Balaban J connectivity index is 2.35. The summed E-state index contributed by atoms with van der Waals surface area (Å²) in [5, 5.41) is 0.737. The summed E-state index contributed by atoms with van der Waals surface area (Å²) in [5.74, 6) is -0.0872. The zero-order valence-electron chi connectivity index (χ0n) is 11.4. The van der Waals surface area contributed by atoms with E-state index in [0.29, 0.717) is 5.01 Å². The number of nitrogens with zero attached hydrogens (tertiary/aromatic N) is 3. The summed E-state index contributed by atoms with van der Waals surface area (Å²) in [6.45, 7) is 7.69. The van der Waals surface area contributed by atoms with Crippen molar-refractivity contribution < 1.29 is 8.42 Å². The van der Waals surface area contributed by atoms with E-state index in [2.05, 4.69) is 9.97 Å². The third-order valence-corrected chi connectivity index (χ3v) is 5.64. The van der Waals surface area contributed by atoms with E-state index in [9.17, 15) is 8.42 Å². The minimum atomic E-state index is -3.45. The minimum Gasteiger partial charge on any atom is -0.319 e. The van der Waals surface area contributed by atoms with Crippen molar-refractivity contribution in [1.29, 1.82) is 0 Å². The van der Waals surface area contributed by atoms with Crippen molar-refractivity contribution in [3.05, 3.63) is 28.0 Å². The number of aryl methyl sites for hydroxylation is 2. The SMILES string of the molecule is Cc1nc(CS(=O)(=O)c2nccn2C(C)C)sc1C. The number of rotatable bonds is 4. The summed E-state index contributed by atoms with van der Waals surface area (Å²) < 4.78 is 26.5. The summed E-state index contributed by atoms with van der Waals surface area (Å²) in [6, 6.07) is 0.0621. The van der Waals surface area contributed by atoms with Crippen LogP contribution in [0, 0.1) is 13.8 Å². The van der Waals surface area contributed by atoms with Crippen molar-refractivity contribution in [2.45, 2.75) is 44.6 Å². The smallest absolute Gasteiger partial charge is 0.228 e. The van der Waals surface area contributed by atoms with Crippen molar-refractivity contribution >= 4 is 21.2 Å². The highest BCUT2D eigenvalue weighted by Gasteiger charge is 2.24. The lowest BCUT2D eigenvalue weighted by Crippen LogP contribution is -2.14. The normalized spacial score (nSPS) is 12.3. The molecule has 0 aliphatic rings. The van der Waals surface area contributed by atoms with Crippen LogP contribution in [0.4, 0.5) is 0 Å². The molecule has 0 saturated heterocycles. The van der Waals surface area contributed by atoms with E-state index in [4.69, 9.17) is 0 Å². The Morgan fingerprint density at radius 3 is 2.58 bits per heavy atom. The molecule has 0 radical (unpaired) electrons. The Morgan fingerprint density at radius 1 is 1.37 bits per heavy atom. The number of hydrogen-bond acceptors (Lipinski definition) is 5. The van der Waals surface area contributed by atoms with E-state index < -0.39 is 9.84 Å². The van der Waals surface area contributed by atoms with E-state index in [1.807, 2.05) is 27.7 Å². The van der Waals surface area contributed by atoms with E-state index in [0.717, 1.165) is 10.6 Å². The van der Waals surface area contributed by atoms with E-state index in [-0.39, 0.29) is 17.0 Å². The Bertz CT molecular complexity index is 664. The van der Waals surface area contributed by atoms with Crippen molar-refractivity contribution in [2.75, 3.05) is 0 Å². The van der Waals surface area contributed by atoms with Gasteiger partial charge in [-0.25, -0.2) is 18.4 Å². The quantitative estimate of drug-likeness (QED) is 0.870. The maximum atomic E-state index is 12.4. The minimum absolute atomic E-state index is 0.0621. The molecule has 0 bridgehead atoms. The summed E-state index contributed by atoms with van der Waals surface area (Å²) in [4.78, 5) is 9.32. The molecule has 0 aliphatic heterocycles. The Hall–Kier alpha value is -1.21. The fourth-order valence-electron chi connectivity index (χ4n) is 1.76. The zero-order valence-corrected chi connectivity index (χ0v) is 13.0. The van der Waals surface area contributed by atoms with Crippen LogP contribution in [-0.2, 0) is 15.6 Å². The third-order valence-electron chi connectivity index (χ3n) is 2.85. The van der Waals surface area contributed by atoms with Gasteiger partial charge in [0.1, 0.15) is 10.8 Å². The number of aromatic nitrogens is 3. The first-order valence-electron chi connectivity index (χ1n) is 5.99. The van der Waals surface area contributed by atoms with Crippen molar-refractivity contribution in [2.24, 2.45) is 0 Å². The highest BCUT2D eigenvalue weighted by Crippen LogP contribution is 2.22. The van der Waals surface area contributed by atoms with Crippen LogP contribution in [0.2, 0.25) is 0 Å². The lowest BCUT2D eigenvalue weighted by molar-refractivity contribution is 0.519. The molecule has 0 atom stereocenters. The van der Waals surface area contributed by atoms with Gasteiger partial charge in [0, 0.05) is 23.3 Å². The van der Waals surface area contributed by atoms with Crippen LogP contribution in [0.15, 0.2) is 17.6 Å². The lowest BCUT2D eigenvalue weighted by Gasteiger charge is -2.10. The van der Waals surface area contributed by atoms with Gasteiger partial charge in [-0.1, -0.05) is 0 Å². The lowest BCUT2D eigenvalue weighted by atomic mass is 10.4. The second kappa shape index (κ2) is 5.05. The fourth-order valence-corrected chi connectivity index (χ4v) is 4.52. The van der Waals surface area contributed by atoms with Crippen LogP contribution in [0.3, 0.4) is 0 Å². The van der Waals surface area contributed by atoms with Crippen molar-refractivity contribution in [3.63, 3.8) is 0 Å². The first kappa shape index (κ1) is 14.2. The molecule has 19 heavy (non-hydrogen) atoms. The molecule has 0 N–H and O–H groups in total. The van der Waals surface area contributed by atoms with Gasteiger partial charge < -0.3 is 4.57 Å². The van der Waals surface area contributed by atoms with Crippen molar-refractivity contribution in [1.82, 2.24) is 14.5 Å². The standard InChI is InChI=1S/C12H17N3O2S2/c1-8(2)15-6-5-13-12(15)19(16,17)7-11-14-9(3)10(4)18-11/h5-6,8H,7H2,1-4H3. The van der Waals surface area contributed by atoms with Gasteiger partial charge >= 0.3 is 0 Å². The first-order chi connectivity index (χ1) is 8.81. The van der Waals surface area contributed by atoms with Crippen LogP contribution in [0.25, 0.3) is 0 Å². The summed E-state index contributed by atoms with van der Waals surface area (Å²) in [5.41, 5.74) is 0.891. The molecule has 2 aromatic heterocycles. The Labute approximate surface area is 117 Å². The van der Waals surface area contributed by atoms with E-state index >= 15 is 0 Å². The van der Waals surface area contributed by atoms with E-state index in [1.165, 1.54) is 17.5 Å². The van der Waals surface area contributed by atoms with Gasteiger partial charge in [-0.2, -0.15) is 0 Å². The molecular weight excluding hydrogens is 282 g/mol. The second-order valence-electron chi connectivity index (χ2n) is 4.72. The number of sulfone groups is 1. The topological polar surface area (TPSA) is 64.8 Å². The average Bonchev–Trinajstić information content (AvgIpc) is 2.86. The fraction of sp³-hybridized carbons (Fsp3) is 0.500. The molecule has 0 fully saturated rings. The van der Waals surface area contributed by atoms with Gasteiger partial charge in [-0.3, -0.25) is 0 Å². The van der Waals surface area contributed by atoms with Crippen LogP contribution in [0.5, 0.6) is 0 Å². The van der Waals surface area contributed by atoms with Crippen molar-refractivity contribution in [3.8, 4) is 0 Å². The molecule has 0 aromatic carbocycles. The molecular formula is C12H17N3O2S2. The molecule has 104 valence electrons. The van der Waals surface area contributed by atoms with Gasteiger partial charge in [-0.15, -0.1) is 11.3 Å². The van der Waals surface area contributed by atoms with Gasteiger partial charge in [0.25, 0.3) is 0 Å². The third kappa shape index (κ3) is 2.87. The van der Waals surface area contributed by atoms with Gasteiger partial charge in [0.15, 0.2) is 0 Å². The highest BCUT2D eigenvalue weighted by molar-refractivity contribution is 7.90. The summed E-state index contributed by atoms with van der Waals surface area (Å²) >= 11 is 1.43. The average molecular weight is 299 g/mol. The van der Waals surface area contributed by atoms with Crippen LogP contribution >= 0.6 is 11.3 Å². The molecule has 5 nitrogen and oxygen atoms in total. The molecule has 0 amide bonds. The zero-order chi connectivity index (χ0) is 14.2. The van der Waals surface area contributed by atoms with Gasteiger partial charge in [0.2, 0.25) is 15.0 Å². The predicted octanol–water partition coefficient (Wildman–Crippen LogP) is 2.51. The van der Waals surface area contributed by atoms with Crippen LogP contribution in [0.1, 0.15) is 35.5 Å². The first-order valence-corrected chi connectivity index (χ1v) is 8.46. The molecule has 0 aliphatic carbocycles. The molecule has 0 unspecified atom stereocenters. The molecule has 7 heteroatoms. The molecule has 2 heterocycles. The van der Waals surface area contributed by atoms with Gasteiger partial charge in [-0.05, 0) is 27.7 Å². The number of imidazole rings is 1. The Kier molecular flexibility index (Phi) is 3.78. The second-order valence-corrected chi connectivity index (χ2v) is 7.89. The maximum Gasteiger partial charge on any atom is 0.228 e. The highest BCUT2D eigenvalue weighted by atomic mass is 32.2. The molecule has 2 rings (SSSR count). The molecule has 0 saturated carbocycles. The van der Waals surface area contributed by atoms with Crippen LogP contribution < -0.4 is 0 Å². The van der Waals surface area contributed by atoms with Gasteiger partial charge in [0.05, 0.1) is 5.69 Å². The van der Waals surface area contributed by atoms with Crippen LogP contribution in [-0.4, -0.2) is 23.0 Å². The number of hydrogen-bond donors (Lipinski definition) is 0. The summed E-state index contributed by atoms with van der Waals surface area (Å²) in [7, 11) is -3.45. The largest absolute Gasteiger partial charge is 0.319 e. The molecule has 0 spiro atoms. The summed E-state index contributed by atoms with van der Waals surface area (Å²) in [6.07, 6.45) is 3.21.